The van der Waals surface area contributed by atoms with E-state index in [1.807, 2.05) is 0 Å². The van der Waals surface area contributed by atoms with Crippen LogP contribution in [0, 0.1) is 5.82 Å². The molecular formula is C21H20FN3O6S2. The Kier molecular flexibility index (Phi) is 7.01. The molecule has 4 N–H and O–H groups in total. The van der Waals surface area contributed by atoms with Gasteiger partial charge in [-0.1, -0.05) is 12.1 Å². The minimum absolute atomic E-state index is 0.0255. The summed E-state index contributed by atoms with van der Waals surface area (Å²) in [6.07, 6.45) is 0. The van der Waals surface area contributed by atoms with Crippen LogP contribution >= 0.6 is 0 Å². The quantitative estimate of drug-likeness (QED) is 0.440. The predicted octanol–water partition coefficient (Wildman–Crippen LogP) is 2.92. The molecule has 3 aromatic carbocycles. The molecule has 174 valence electrons. The van der Waals surface area contributed by atoms with E-state index < -0.39 is 31.8 Å². The van der Waals surface area contributed by atoms with E-state index in [9.17, 15) is 26.0 Å². The second-order valence-electron chi connectivity index (χ2n) is 6.70. The van der Waals surface area contributed by atoms with Crippen molar-refractivity contribution in [2.75, 3.05) is 16.6 Å². The van der Waals surface area contributed by atoms with Crippen LogP contribution in [0.5, 0.6) is 5.75 Å². The van der Waals surface area contributed by atoms with Gasteiger partial charge in [0.1, 0.15) is 11.6 Å². The number of amides is 1. The van der Waals surface area contributed by atoms with E-state index in [1.165, 1.54) is 48.5 Å². The number of carbonyl (C=O) groups excluding carboxylic acids is 1. The summed E-state index contributed by atoms with van der Waals surface area (Å²) in [6, 6.07) is 14.0. The molecule has 0 radical (unpaired) electrons. The first kappa shape index (κ1) is 24.2. The van der Waals surface area contributed by atoms with Crippen LogP contribution in [0.4, 0.5) is 15.8 Å². The lowest BCUT2D eigenvalue weighted by molar-refractivity contribution is 0.102. The number of halogens is 1. The SMILES string of the molecule is CCOc1ccc(S(=O)(=O)Nc2ccc(S(N)(=O)=O)cc2)cc1NC(=O)c1ccccc1F. The monoisotopic (exact) mass is 493 g/mol. The molecule has 3 rings (SSSR count). The highest BCUT2D eigenvalue weighted by Crippen LogP contribution is 2.29. The first-order chi connectivity index (χ1) is 15.5. The molecule has 33 heavy (non-hydrogen) atoms. The average molecular weight is 494 g/mol. The minimum atomic E-state index is -4.14. The zero-order valence-corrected chi connectivity index (χ0v) is 18.9. The first-order valence-electron chi connectivity index (χ1n) is 9.49. The molecule has 0 unspecified atom stereocenters. The summed E-state index contributed by atoms with van der Waals surface area (Å²) in [5.74, 6) is -1.32. The van der Waals surface area contributed by atoms with Crippen molar-refractivity contribution in [3.63, 3.8) is 0 Å². The van der Waals surface area contributed by atoms with Gasteiger partial charge in [0.2, 0.25) is 10.0 Å². The fraction of sp³-hybridized carbons (Fsp3) is 0.0952. The Bertz CT molecular complexity index is 1390. The first-order valence-corrected chi connectivity index (χ1v) is 12.5. The van der Waals surface area contributed by atoms with Crippen molar-refractivity contribution in [1.82, 2.24) is 0 Å². The van der Waals surface area contributed by atoms with Crippen LogP contribution in [0.15, 0.2) is 76.5 Å². The van der Waals surface area contributed by atoms with Crippen LogP contribution in [-0.4, -0.2) is 29.3 Å². The summed E-state index contributed by atoms with van der Waals surface area (Å²) >= 11 is 0. The summed E-state index contributed by atoms with van der Waals surface area (Å²) in [6.45, 7) is 1.95. The number of benzene rings is 3. The molecule has 0 atom stereocenters. The third-order valence-electron chi connectivity index (χ3n) is 4.36. The summed E-state index contributed by atoms with van der Waals surface area (Å²) in [4.78, 5) is 12.1. The number of hydrogen-bond donors (Lipinski definition) is 3. The van der Waals surface area contributed by atoms with E-state index in [1.54, 1.807) is 6.92 Å². The highest BCUT2D eigenvalue weighted by Gasteiger charge is 2.20. The topological polar surface area (TPSA) is 145 Å². The van der Waals surface area contributed by atoms with Crippen LogP contribution < -0.4 is 19.9 Å². The fourth-order valence-corrected chi connectivity index (χ4v) is 4.42. The van der Waals surface area contributed by atoms with E-state index in [0.717, 1.165) is 18.2 Å². The number of carbonyl (C=O) groups is 1. The van der Waals surface area contributed by atoms with Crippen molar-refractivity contribution in [3.8, 4) is 5.75 Å². The molecule has 9 nitrogen and oxygen atoms in total. The number of hydrogen-bond acceptors (Lipinski definition) is 6. The Labute approximate surface area is 190 Å². The molecule has 0 aliphatic heterocycles. The van der Waals surface area contributed by atoms with Crippen LogP contribution in [-0.2, 0) is 20.0 Å². The van der Waals surface area contributed by atoms with Gasteiger partial charge in [-0.15, -0.1) is 0 Å². The lowest BCUT2D eigenvalue weighted by Gasteiger charge is -2.15. The van der Waals surface area contributed by atoms with Crippen molar-refractivity contribution in [2.45, 2.75) is 16.7 Å². The highest BCUT2D eigenvalue weighted by atomic mass is 32.2. The van der Waals surface area contributed by atoms with Crippen molar-refractivity contribution >= 4 is 37.3 Å². The molecule has 0 aromatic heterocycles. The third-order valence-corrected chi connectivity index (χ3v) is 6.67. The maximum atomic E-state index is 14.0. The molecule has 0 aliphatic rings. The van der Waals surface area contributed by atoms with Gasteiger partial charge < -0.3 is 10.1 Å². The van der Waals surface area contributed by atoms with Crippen LogP contribution in [0.25, 0.3) is 0 Å². The number of rotatable bonds is 8. The van der Waals surface area contributed by atoms with E-state index in [4.69, 9.17) is 9.88 Å². The number of primary sulfonamides is 1. The second-order valence-corrected chi connectivity index (χ2v) is 9.94. The minimum Gasteiger partial charge on any atom is -0.492 e. The normalized spacial score (nSPS) is 11.6. The zero-order valence-electron chi connectivity index (χ0n) is 17.3. The molecule has 0 saturated heterocycles. The van der Waals surface area contributed by atoms with Crippen LogP contribution in [0.1, 0.15) is 17.3 Å². The molecule has 0 aliphatic carbocycles. The number of nitrogens with one attached hydrogen (secondary N) is 2. The lowest BCUT2D eigenvalue weighted by Crippen LogP contribution is -2.17. The summed E-state index contributed by atoms with van der Waals surface area (Å²) in [5.41, 5.74) is -0.105. The molecule has 0 heterocycles. The molecule has 0 spiro atoms. The van der Waals surface area contributed by atoms with Crippen molar-refractivity contribution in [2.24, 2.45) is 5.14 Å². The molecule has 12 heteroatoms. The number of nitrogens with two attached hydrogens (primary N) is 1. The third kappa shape index (κ3) is 5.86. The largest absolute Gasteiger partial charge is 0.492 e. The lowest BCUT2D eigenvalue weighted by atomic mass is 10.2. The predicted molar refractivity (Wildman–Crippen MR) is 121 cm³/mol. The Morgan fingerprint density at radius 1 is 0.970 bits per heavy atom. The molecule has 3 aromatic rings. The van der Waals surface area contributed by atoms with E-state index in [-0.39, 0.29) is 39.1 Å². The van der Waals surface area contributed by atoms with Gasteiger partial charge in [-0.05, 0) is 61.5 Å². The number of anilines is 2. The van der Waals surface area contributed by atoms with E-state index in [0.29, 0.717) is 0 Å². The molecule has 0 saturated carbocycles. The Balaban J connectivity index is 1.91. The molecule has 0 fully saturated rings. The Morgan fingerprint density at radius 3 is 2.21 bits per heavy atom. The van der Waals surface area contributed by atoms with Gasteiger partial charge in [0, 0.05) is 5.69 Å². The van der Waals surface area contributed by atoms with Gasteiger partial charge in [-0.3, -0.25) is 9.52 Å². The van der Waals surface area contributed by atoms with E-state index in [2.05, 4.69) is 10.0 Å². The van der Waals surface area contributed by atoms with Crippen LogP contribution in [0.2, 0.25) is 0 Å². The van der Waals surface area contributed by atoms with Crippen molar-refractivity contribution in [1.29, 1.82) is 0 Å². The summed E-state index contributed by atoms with van der Waals surface area (Å²) in [5, 5.41) is 7.51. The van der Waals surface area contributed by atoms with E-state index >= 15 is 0 Å². The van der Waals surface area contributed by atoms with Gasteiger partial charge in [0.25, 0.3) is 15.9 Å². The second kappa shape index (κ2) is 9.57. The van der Waals surface area contributed by atoms with Crippen LogP contribution in [0.3, 0.4) is 0 Å². The fourth-order valence-electron chi connectivity index (χ4n) is 2.82. The summed E-state index contributed by atoms with van der Waals surface area (Å²) < 4.78 is 70.1. The van der Waals surface area contributed by atoms with Gasteiger partial charge >= 0.3 is 0 Å². The molecule has 0 bridgehead atoms. The highest BCUT2D eigenvalue weighted by molar-refractivity contribution is 7.92. The van der Waals surface area contributed by atoms with Gasteiger partial charge in [-0.25, -0.2) is 26.4 Å². The Morgan fingerprint density at radius 2 is 1.61 bits per heavy atom. The molecular weight excluding hydrogens is 473 g/mol. The van der Waals surface area contributed by atoms with Gasteiger partial charge in [-0.2, -0.15) is 0 Å². The summed E-state index contributed by atoms with van der Waals surface area (Å²) in [7, 11) is -8.06. The standard InChI is InChI=1S/C21H20FN3O6S2/c1-2-31-20-12-11-16(13-19(20)24-21(26)17-5-3-4-6-18(17)22)33(29,30)25-14-7-9-15(10-8-14)32(23,27)28/h3-13,25H,2H2,1H3,(H,24,26)(H2,23,27,28). The van der Waals surface area contributed by atoms with Gasteiger partial charge in [0.05, 0.1) is 27.6 Å². The average Bonchev–Trinajstić information content (AvgIpc) is 2.74. The van der Waals surface area contributed by atoms with Gasteiger partial charge in [0.15, 0.2) is 0 Å². The Hall–Kier alpha value is -3.48. The smallest absolute Gasteiger partial charge is 0.261 e. The van der Waals surface area contributed by atoms with Crippen molar-refractivity contribution in [3.05, 3.63) is 78.1 Å². The maximum absolute atomic E-state index is 14.0. The molecule has 1 amide bonds. The maximum Gasteiger partial charge on any atom is 0.261 e. The number of ether oxygens (including phenoxy) is 1. The zero-order chi connectivity index (χ0) is 24.2. The number of sulfonamides is 2. The van der Waals surface area contributed by atoms with Crippen molar-refractivity contribution < 1.29 is 30.8 Å².